The highest BCUT2D eigenvalue weighted by Crippen LogP contribution is 2.29. The average Bonchev–Trinajstić information content (AvgIpc) is 3.31. The monoisotopic (exact) mass is 871 g/mol. The fraction of sp³-hybridized carbons (Fsp3) is 0.510. The highest BCUT2D eigenvalue weighted by atomic mass is 16.6. The van der Waals surface area contributed by atoms with Gasteiger partial charge in [-0.1, -0.05) is 106 Å². The molecule has 63 heavy (non-hydrogen) atoms. The third-order valence-electron chi connectivity index (χ3n) is 10.2. The molecule has 0 aromatic heterocycles. The molecule has 5 rings (SSSR count). The summed E-state index contributed by atoms with van der Waals surface area (Å²) in [6.45, 7) is 7.35. The first-order valence-electron chi connectivity index (χ1n) is 22.9. The molecule has 0 spiro atoms. The van der Waals surface area contributed by atoms with E-state index in [1.54, 1.807) is 18.2 Å². The summed E-state index contributed by atoms with van der Waals surface area (Å²) < 4.78 is 58.0. The van der Waals surface area contributed by atoms with Crippen molar-refractivity contribution in [2.45, 2.75) is 77.3 Å². The van der Waals surface area contributed by atoms with Crippen LogP contribution in [0.15, 0.2) is 97.1 Å². The van der Waals surface area contributed by atoms with Crippen molar-refractivity contribution in [2.75, 3.05) is 92.5 Å². The van der Waals surface area contributed by atoms with E-state index in [0.717, 1.165) is 51.1 Å². The van der Waals surface area contributed by atoms with Crippen LogP contribution in [-0.4, -0.2) is 98.5 Å². The van der Waals surface area contributed by atoms with Crippen molar-refractivity contribution >= 4 is 5.97 Å². The molecule has 1 aliphatic heterocycles. The molecule has 1 N–H and O–H groups in total. The molecule has 0 fully saturated rings. The molecule has 4 aromatic rings. The van der Waals surface area contributed by atoms with Gasteiger partial charge in [-0.05, 0) is 66.4 Å². The lowest BCUT2D eigenvalue weighted by molar-refractivity contribution is 0.0223. The Kier molecular flexibility index (Phi) is 24.9. The molecule has 1 heterocycles. The Morgan fingerprint density at radius 3 is 1.40 bits per heavy atom. The average molecular weight is 872 g/mol. The Morgan fingerprint density at radius 1 is 0.429 bits per heavy atom. The number of nitrogens with one attached hydrogen (secondary N) is 1. The minimum absolute atomic E-state index is 0.266. The van der Waals surface area contributed by atoms with Crippen LogP contribution >= 0.6 is 0 Å². The van der Waals surface area contributed by atoms with Gasteiger partial charge in [-0.2, -0.15) is 0 Å². The molecular formula is C51H69NO11. The van der Waals surface area contributed by atoms with Crippen molar-refractivity contribution in [2.24, 2.45) is 0 Å². The van der Waals surface area contributed by atoms with Gasteiger partial charge in [-0.15, -0.1) is 0 Å². The second-order valence-corrected chi connectivity index (χ2v) is 15.2. The predicted octanol–water partition coefficient (Wildman–Crippen LogP) is 9.41. The summed E-state index contributed by atoms with van der Waals surface area (Å²) in [7, 11) is 0. The summed E-state index contributed by atoms with van der Waals surface area (Å²) in [5.74, 6) is 2.82. The van der Waals surface area contributed by atoms with Gasteiger partial charge in [0, 0.05) is 13.1 Å². The third kappa shape index (κ3) is 21.4. The number of esters is 1. The summed E-state index contributed by atoms with van der Waals surface area (Å²) in [6.07, 6.45) is 11.5. The van der Waals surface area contributed by atoms with Crippen molar-refractivity contribution < 1.29 is 52.2 Å². The standard InChI is InChI=1S/C51H69NO11/c53-51(63-27-15-8-6-4-2-1-3-5-7-14-26-58-46-23-20-44(21-24-46)42-52-41-43-16-10-9-11-17-43)45-22-25-49-50(40-45)62-39-35-57-31-30-55-33-37-60-48-19-13-12-18-47(48)59-36-32-54-28-29-56-34-38-61-49/h9-13,16-25,40,52H,1-8,14-15,26-39,41-42H2. The maximum Gasteiger partial charge on any atom is 0.338 e. The highest BCUT2D eigenvalue weighted by Gasteiger charge is 2.14. The van der Waals surface area contributed by atoms with Crippen LogP contribution in [0.5, 0.6) is 28.7 Å². The maximum absolute atomic E-state index is 13.0. The Balaban J connectivity index is 0.882. The van der Waals surface area contributed by atoms with E-state index < -0.39 is 0 Å². The van der Waals surface area contributed by atoms with Gasteiger partial charge in [-0.3, -0.25) is 0 Å². The van der Waals surface area contributed by atoms with Crippen LogP contribution in [0.4, 0.5) is 0 Å². The Bertz CT molecular complexity index is 1780. The predicted molar refractivity (Wildman–Crippen MR) is 244 cm³/mol. The Labute approximate surface area is 374 Å². The lowest BCUT2D eigenvalue weighted by Crippen LogP contribution is -2.16. The van der Waals surface area contributed by atoms with Gasteiger partial charge in [0.05, 0.1) is 71.6 Å². The van der Waals surface area contributed by atoms with E-state index in [1.165, 1.54) is 49.7 Å². The normalized spacial score (nSPS) is 14.9. The van der Waals surface area contributed by atoms with Crippen LogP contribution in [-0.2, 0) is 36.8 Å². The van der Waals surface area contributed by atoms with Gasteiger partial charge in [0.2, 0.25) is 0 Å². The molecule has 0 saturated heterocycles. The zero-order valence-corrected chi connectivity index (χ0v) is 37.1. The largest absolute Gasteiger partial charge is 0.494 e. The molecule has 344 valence electrons. The van der Waals surface area contributed by atoms with E-state index in [-0.39, 0.29) is 12.6 Å². The molecular weight excluding hydrogens is 803 g/mol. The van der Waals surface area contributed by atoms with E-state index in [1.807, 2.05) is 30.3 Å². The van der Waals surface area contributed by atoms with Gasteiger partial charge < -0.3 is 52.7 Å². The van der Waals surface area contributed by atoms with Crippen molar-refractivity contribution in [3.8, 4) is 28.7 Å². The molecule has 4 aromatic carbocycles. The smallest absolute Gasteiger partial charge is 0.338 e. The van der Waals surface area contributed by atoms with Crippen molar-refractivity contribution in [3.05, 3.63) is 114 Å². The second-order valence-electron chi connectivity index (χ2n) is 15.2. The Hall–Kier alpha value is -4.85. The number of ether oxygens (including phenoxy) is 10. The number of carbonyl (C=O) groups is 1. The van der Waals surface area contributed by atoms with E-state index in [9.17, 15) is 4.79 Å². The van der Waals surface area contributed by atoms with Gasteiger partial charge in [0.15, 0.2) is 23.0 Å². The van der Waals surface area contributed by atoms with Crippen molar-refractivity contribution in [1.29, 1.82) is 0 Å². The van der Waals surface area contributed by atoms with Crippen LogP contribution < -0.4 is 29.0 Å². The third-order valence-corrected chi connectivity index (χ3v) is 10.2. The SMILES string of the molecule is O=C(OCCCCCCCCCCCCOc1ccc(CNCc2ccccc2)cc1)c1ccc2c(c1)OCCOCCOCCOc1ccccc1OCCOCCOCCO2. The summed E-state index contributed by atoms with van der Waals surface area (Å²) in [5, 5.41) is 3.49. The molecule has 0 aliphatic carbocycles. The minimum Gasteiger partial charge on any atom is -0.494 e. The Morgan fingerprint density at radius 2 is 0.857 bits per heavy atom. The number of benzene rings is 4. The molecule has 0 saturated carbocycles. The lowest BCUT2D eigenvalue weighted by atomic mass is 10.1. The summed E-state index contributed by atoms with van der Waals surface area (Å²) >= 11 is 0. The number of carbonyl (C=O) groups excluding carboxylic acids is 1. The number of rotatable bonds is 19. The zero-order valence-electron chi connectivity index (χ0n) is 37.1. The second kappa shape index (κ2) is 31.9. The quantitative estimate of drug-likeness (QED) is 0.0714. The molecule has 0 radical (unpaired) electrons. The summed E-state index contributed by atoms with van der Waals surface area (Å²) in [4.78, 5) is 13.0. The highest BCUT2D eigenvalue weighted by molar-refractivity contribution is 5.90. The lowest BCUT2D eigenvalue weighted by Gasteiger charge is -2.15. The van der Waals surface area contributed by atoms with Gasteiger partial charge >= 0.3 is 5.97 Å². The van der Waals surface area contributed by atoms with Crippen LogP contribution in [0.2, 0.25) is 0 Å². The number of para-hydroxylation sites is 2. The molecule has 12 nitrogen and oxygen atoms in total. The fourth-order valence-electron chi connectivity index (χ4n) is 6.75. The van der Waals surface area contributed by atoms with E-state index in [2.05, 4.69) is 53.8 Å². The van der Waals surface area contributed by atoms with E-state index in [4.69, 9.17) is 47.4 Å². The summed E-state index contributed by atoms with van der Waals surface area (Å²) in [5.41, 5.74) is 2.96. The van der Waals surface area contributed by atoms with Gasteiger partial charge in [0.25, 0.3) is 0 Å². The molecule has 0 atom stereocenters. The molecule has 1 aliphatic rings. The van der Waals surface area contributed by atoms with E-state index in [0.29, 0.717) is 108 Å². The number of hydrogen-bond donors (Lipinski definition) is 1. The van der Waals surface area contributed by atoms with Crippen LogP contribution in [0.25, 0.3) is 0 Å². The first-order valence-corrected chi connectivity index (χ1v) is 22.9. The molecule has 0 amide bonds. The maximum atomic E-state index is 13.0. The molecule has 0 bridgehead atoms. The summed E-state index contributed by atoms with van der Waals surface area (Å²) in [6, 6.07) is 31.5. The number of unbranched alkanes of at least 4 members (excludes halogenated alkanes) is 9. The topological polar surface area (TPSA) is 121 Å². The zero-order chi connectivity index (χ0) is 43.7. The molecule has 12 heteroatoms. The van der Waals surface area contributed by atoms with Crippen molar-refractivity contribution in [1.82, 2.24) is 5.32 Å². The first kappa shape index (κ1) is 49.2. The fourth-order valence-corrected chi connectivity index (χ4v) is 6.75. The van der Waals surface area contributed by atoms with Crippen LogP contribution in [0.3, 0.4) is 0 Å². The number of fused-ring (bicyclic) bond motifs is 2. The van der Waals surface area contributed by atoms with Crippen LogP contribution in [0.1, 0.15) is 85.7 Å². The number of hydrogen-bond acceptors (Lipinski definition) is 12. The van der Waals surface area contributed by atoms with E-state index >= 15 is 0 Å². The van der Waals surface area contributed by atoms with Gasteiger partial charge in [0.1, 0.15) is 32.2 Å². The molecule has 0 unspecified atom stereocenters. The first-order chi connectivity index (χ1) is 31.2. The van der Waals surface area contributed by atoms with Gasteiger partial charge in [-0.25, -0.2) is 4.79 Å². The minimum atomic E-state index is -0.383. The van der Waals surface area contributed by atoms with Crippen molar-refractivity contribution in [3.63, 3.8) is 0 Å². The van der Waals surface area contributed by atoms with Crippen LogP contribution in [0, 0.1) is 0 Å².